The van der Waals surface area contributed by atoms with Crippen LogP contribution in [-0.2, 0) is 14.3 Å². The molecule has 0 bridgehead atoms. The second kappa shape index (κ2) is 11.6. The number of carbonyl (C=O) groups excluding carboxylic acids is 4. The molecule has 0 aliphatic carbocycles. The first-order chi connectivity index (χ1) is 16.1. The molecule has 7 nitrogen and oxygen atoms in total. The van der Waals surface area contributed by atoms with Crippen molar-refractivity contribution in [3.8, 4) is 0 Å². The number of ether oxygens (including phenoxy) is 1. The number of esters is 1. The Hall–Kier alpha value is -2.03. The lowest BCUT2D eigenvalue weighted by Crippen LogP contribution is -2.30. The van der Waals surface area contributed by atoms with Gasteiger partial charge in [-0.3, -0.25) is 24.1 Å². The molecule has 0 spiro atoms. The molecule has 3 amide bonds. The zero-order chi connectivity index (χ0) is 25.0. The number of anilines is 1. The van der Waals surface area contributed by atoms with Crippen LogP contribution in [0.3, 0.4) is 0 Å². The summed E-state index contributed by atoms with van der Waals surface area (Å²) >= 11 is 30.1. The molecule has 1 heterocycles. The Morgan fingerprint density at radius 3 is 2.00 bits per heavy atom. The molecule has 180 valence electrons. The predicted octanol–water partition coefficient (Wildman–Crippen LogP) is 6.29. The fourth-order valence-corrected chi connectivity index (χ4v) is 4.48. The summed E-state index contributed by atoms with van der Waals surface area (Å²) in [6, 6.07) is 6.69. The number of fused-ring (bicyclic) bond motifs is 1. The van der Waals surface area contributed by atoms with Crippen molar-refractivity contribution in [3.05, 3.63) is 60.5 Å². The van der Waals surface area contributed by atoms with E-state index in [1.54, 1.807) is 24.3 Å². The van der Waals surface area contributed by atoms with Gasteiger partial charge in [0.25, 0.3) is 17.7 Å². The van der Waals surface area contributed by atoms with E-state index >= 15 is 0 Å². The minimum absolute atomic E-state index is 0.0651. The Kier molecular flexibility index (Phi) is 9.07. The first-order valence-electron chi connectivity index (χ1n) is 10.1. The van der Waals surface area contributed by atoms with Crippen LogP contribution >= 0.6 is 58.0 Å². The zero-order valence-electron chi connectivity index (χ0n) is 17.4. The van der Waals surface area contributed by atoms with Crippen LogP contribution in [0.1, 0.15) is 46.4 Å². The van der Waals surface area contributed by atoms with Gasteiger partial charge in [0.05, 0.1) is 41.9 Å². The summed E-state index contributed by atoms with van der Waals surface area (Å²) in [5.41, 5.74) is 0.292. The monoisotopic (exact) mass is 564 g/mol. The molecule has 0 radical (unpaired) electrons. The molecule has 1 N–H and O–H groups in total. The summed E-state index contributed by atoms with van der Waals surface area (Å²) in [4.78, 5) is 50.1. The van der Waals surface area contributed by atoms with Gasteiger partial charge in [0.15, 0.2) is 6.61 Å². The third kappa shape index (κ3) is 5.78. The van der Waals surface area contributed by atoms with Crippen LogP contribution < -0.4 is 5.32 Å². The van der Waals surface area contributed by atoms with Crippen LogP contribution in [-0.4, -0.2) is 41.7 Å². The predicted molar refractivity (Wildman–Crippen MR) is 131 cm³/mol. The van der Waals surface area contributed by atoms with Crippen LogP contribution in [0.2, 0.25) is 25.1 Å². The molecule has 34 heavy (non-hydrogen) atoms. The van der Waals surface area contributed by atoms with Crippen LogP contribution in [0, 0.1) is 0 Å². The van der Waals surface area contributed by atoms with Crippen molar-refractivity contribution >= 4 is 87.4 Å². The van der Waals surface area contributed by atoms with Gasteiger partial charge in [0.1, 0.15) is 0 Å². The summed E-state index contributed by atoms with van der Waals surface area (Å²) in [7, 11) is 0. The quantitative estimate of drug-likeness (QED) is 0.127. The Morgan fingerprint density at radius 2 is 1.41 bits per heavy atom. The Balaban J connectivity index is 1.41. The normalized spacial score (nSPS) is 12.7. The van der Waals surface area contributed by atoms with Gasteiger partial charge in [-0.05, 0) is 25.0 Å². The lowest BCUT2D eigenvalue weighted by molar-refractivity contribution is -0.147. The average molecular weight is 567 g/mol. The number of nitrogens with one attached hydrogen (secondary N) is 1. The van der Waals surface area contributed by atoms with E-state index in [1.807, 2.05) is 0 Å². The summed E-state index contributed by atoms with van der Waals surface area (Å²) in [5.74, 6) is -2.26. The summed E-state index contributed by atoms with van der Waals surface area (Å²) in [6.07, 6.45) is 1.47. The highest BCUT2D eigenvalue weighted by molar-refractivity contribution is 6.55. The minimum Gasteiger partial charge on any atom is -0.456 e. The van der Waals surface area contributed by atoms with Crippen molar-refractivity contribution in [1.29, 1.82) is 0 Å². The van der Waals surface area contributed by atoms with Gasteiger partial charge >= 0.3 is 5.97 Å². The minimum atomic E-state index is -0.602. The van der Waals surface area contributed by atoms with Gasteiger partial charge < -0.3 is 10.1 Å². The highest BCUT2D eigenvalue weighted by atomic mass is 35.5. The van der Waals surface area contributed by atoms with Crippen molar-refractivity contribution in [1.82, 2.24) is 4.90 Å². The van der Waals surface area contributed by atoms with Crippen molar-refractivity contribution < 1.29 is 23.9 Å². The maximum atomic E-state index is 12.7. The molecule has 0 atom stereocenters. The van der Waals surface area contributed by atoms with E-state index < -0.39 is 30.3 Å². The number of imide groups is 1. The maximum Gasteiger partial charge on any atom is 0.306 e. The average Bonchev–Trinajstić information content (AvgIpc) is 3.06. The lowest BCUT2D eigenvalue weighted by Gasteiger charge is -2.13. The largest absolute Gasteiger partial charge is 0.456 e. The number of para-hydroxylation sites is 1. The Morgan fingerprint density at radius 1 is 0.824 bits per heavy atom. The molecular formula is C22H17Cl5N2O5. The van der Waals surface area contributed by atoms with Gasteiger partial charge in [0, 0.05) is 13.0 Å². The number of carbonyl (C=O) groups is 4. The van der Waals surface area contributed by atoms with Crippen LogP contribution in [0.25, 0.3) is 0 Å². The summed E-state index contributed by atoms with van der Waals surface area (Å²) in [6.45, 7) is -0.338. The van der Waals surface area contributed by atoms with E-state index in [-0.39, 0.29) is 44.2 Å². The van der Waals surface area contributed by atoms with E-state index in [4.69, 9.17) is 62.7 Å². The summed E-state index contributed by atoms with van der Waals surface area (Å²) in [5, 5.41) is 2.51. The van der Waals surface area contributed by atoms with Crippen LogP contribution in [0.4, 0.5) is 5.69 Å². The van der Waals surface area contributed by atoms with E-state index in [1.165, 1.54) is 0 Å². The van der Waals surface area contributed by atoms with Crippen molar-refractivity contribution in [2.24, 2.45) is 0 Å². The number of benzene rings is 2. The SMILES string of the molecule is O=C(COC(=O)CCCCCN1C(=O)c2c(Cl)c(Cl)c(Cl)c(Cl)c2C1=O)Nc1ccccc1Cl. The fourth-order valence-electron chi connectivity index (χ4n) is 3.28. The third-order valence-electron chi connectivity index (χ3n) is 4.96. The number of nitrogens with zero attached hydrogens (tertiary/aromatic N) is 1. The molecule has 0 aromatic heterocycles. The highest BCUT2D eigenvalue weighted by Crippen LogP contribution is 2.44. The van der Waals surface area contributed by atoms with E-state index in [2.05, 4.69) is 5.32 Å². The van der Waals surface area contributed by atoms with Crippen molar-refractivity contribution in [3.63, 3.8) is 0 Å². The molecule has 1 aliphatic heterocycles. The molecule has 0 fully saturated rings. The Labute approximate surface area is 220 Å². The standard InChI is InChI=1S/C22H17Cl5N2O5/c23-11-6-3-4-7-12(11)28-13(30)10-34-14(31)8-2-1-5-9-29-21(32)15-16(22(29)33)18(25)20(27)19(26)17(15)24/h3-4,6-7H,1-2,5,8-10H2,(H,28,30). The van der Waals surface area contributed by atoms with Crippen LogP contribution in [0.5, 0.6) is 0 Å². The second-order valence-corrected chi connectivity index (χ2v) is 9.19. The third-order valence-corrected chi connectivity index (χ3v) is 7.09. The molecule has 0 saturated heterocycles. The first kappa shape index (κ1) is 26.6. The van der Waals surface area contributed by atoms with E-state index in [0.29, 0.717) is 30.0 Å². The molecule has 1 aliphatic rings. The summed E-state index contributed by atoms with van der Waals surface area (Å²) < 4.78 is 4.95. The fraction of sp³-hybridized carbons (Fsp3) is 0.273. The van der Waals surface area contributed by atoms with E-state index in [0.717, 1.165) is 4.90 Å². The highest BCUT2D eigenvalue weighted by Gasteiger charge is 2.41. The molecule has 2 aromatic carbocycles. The molecule has 0 unspecified atom stereocenters. The topological polar surface area (TPSA) is 92.8 Å². The van der Waals surface area contributed by atoms with Crippen molar-refractivity contribution in [2.45, 2.75) is 25.7 Å². The van der Waals surface area contributed by atoms with Gasteiger partial charge in [-0.25, -0.2) is 0 Å². The number of unbranched alkanes of at least 4 members (excludes halogenated alkanes) is 2. The zero-order valence-corrected chi connectivity index (χ0v) is 21.2. The van der Waals surface area contributed by atoms with Crippen molar-refractivity contribution in [2.75, 3.05) is 18.5 Å². The molecule has 2 aromatic rings. The molecular weight excluding hydrogens is 550 g/mol. The van der Waals surface area contributed by atoms with Gasteiger partial charge in [0.2, 0.25) is 0 Å². The van der Waals surface area contributed by atoms with E-state index in [9.17, 15) is 19.2 Å². The Bertz CT molecular complexity index is 1120. The van der Waals surface area contributed by atoms with Gasteiger partial charge in [-0.1, -0.05) is 76.6 Å². The number of rotatable bonds is 9. The van der Waals surface area contributed by atoms with Gasteiger partial charge in [-0.15, -0.1) is 0 Å². The first-order valence-corrected chi connectivity index (χ1v) is 11.9. The second-order valence-electron chi connectivity index (χ2n) is 7.27. The number of halogens is 5. The lowest BCUT2D eigenvalue weighted by atomic mass is 10.1. The molecule has 12 heteroatoms. The number of amides is 3. The van der Waals surface area contributed by atoms with Gasteiger partial charge in [-0.2, -0.15) is 0 Å². The number of hydrogen-bond donors (Lipinski definition) is 1. The maximum absolute atomic E-state index is 12.7. The molecule has 3 rings (SSSR count). The number of hydrogen-bond acceptors (Lipinski definition) is 5. The molecule has 0 saturated carbocycles. The van der Waals surface area contributed by atoms with Crippen LogP contribution in [0.15, 0.2) is 24.3 Å². The smallest absolute Gasteiger partial charge is 0.306 e.